The summed E-state index contributed by atoms with van der Waals surface area (Å²) in [5, 5.41) is 3.78. The molecule has 2 aliphatic rings. The van der Waals surface area contributed by atoms with E-state index in [1.807, 2.05) is 0 Å². The molecule has 2 nitrogen and oxygen atoms in total. The minimum atomic E-state index is 0.576. The minimum Gasteiger partial charge on any atom is -0.316 e. The van der Waals surface area contributed by atoms with E-state index in [-0.39, 0.29) is 0 Å². The lowest BCUT2D eigenvalue weighted by Gasteiger charge is -2.39. The van der Waals surface area contributed by atoms with Crippen LogP contribution in [0, 0.1) is 11.3 Å². The standard InChI is InChI=1S/C19H38N2/c1-4-18-10-6-5-9-13-21(18)16-19(11-7-8-12-19)15-20-14-17(2)3/h17-18,20H,4-16H2,1-3H3. The quantitative estimate of drug-likeness (QED) is 0.746. The Morgan fingerprint density at radius 3 is 2.52 bits per heavy atom. The van der Waals surface area contributed by atoms with Crippen molar-refractivity contribution < 1.29 is 0 Å². The molecule has 0 aromatic carbocycles. The van der Waals surface area contributed by atoms with Crippen LogP contribution in [-0.4, -0.2) is 37.1 Å². The highest BCUT2D eigenvalue weighted by Gasteiger charge is 2.36. The molecule has 1 saturated carbocycles. The van der Waals surface area contributed by atoms with Crippen LogP contribution in [-0.2, 0) is 0 Å². The maximum atomic E-state index is 3.78. The number of hydrogen-bond donors (Lipinski definition) is 1. The summed E-state index contributed by atoms with van der Waals surface area (Å²) < 4.78 is 0. The smallest absolute Gasteiger partial charge is 0.00928 e. The molecule has 1 aliphatic heterocycles. The third-order valence-corrected chi connectivity index (χ3v) is 5.73. The number of likely N-dealkylation sites (tertiary alicyclic amines) is 1. The van der Waals surface area contributed by atoms with Gasteiger partial charge in [-0.2, -0.15) is 0 Å². The molecule has 1 N–H and O–H groups in total. The number of rotatable bonds is 7. The van der Waals surface area contributed by atoms with Crippen LogP contribution in [0.15, 0.2) is 0 Å². The van der Waals surface area contributed by atoms with Gasteiger partial charge in [0, 0.05) is 19.1 Å². The van der Waals surface area contributed by atoms with Crippen LogP contribution in [0.1, 0.15) is 78.6 Å². The zero-order valence-electron chi connectivity index (χ0n) is 14.8. The van der Waals surface area contributed by atoms with Gasteiger partial charge in [-0.3, -0.25) is 4.90 Å². The molecule has 2 fully saturated rings. The average Bonchev–Trinajstić information content (AvgIpc) is 2.78. The second kappa shape index (κ2) is 8.53. The summed E-state index contributed by atoms with van der Waals surface area (Å²) in [4.78, 5) is 2.87. The van der Waals surface area contributed by atoms with Crippen molar-refractivity contribution in [3.05, 3.63) is 0 Å². The van der Waals surface area contributed by atoms with Crippen molar-refractivity contribution in [3.63, 3.8) is 0 Å². The predicted molar refractivity (Wildman–Crippen MR) is 92.7 cm³/mol. The molecule has 1 saturated heterocycles. The van der Waals surface area contributed by atoms with Crippen molar-refractivity contribution >= 4 is 0 Å². The first-order valence-electron chi connectivity index (χ1n) is 9.60. The highest BCUT2D eigenvalue weighted by atomic mass is 15.2. The number of nitrogens with zero attached hydrogens (tertiary/aromatic N) is 1. The van der Waals surface area contributed by atoms with Crippen LogP contribution in [0.25, 0.3) is 0 Å². The normalized spacial score (nSPS) is 27.1. The molecule has 0 aromatic rings. The average molecular weight is 295 g/mol. The van der Waals surface area contributed by atoms with Crippen molar-refractivity contribution in [3.8, 4) is 0 Å². The van der Waals surface area contributed by atoms with E-state index in [0.717, 1.165) is 12.0 Å². The molecule has 0 amide bonds. The van der Waals surface area contributed by atoms with E-state index in [2.05, 4.69) is 31.0 Å². The first-order valence-corrected chi connectivity index (χ1v) is 9.60. The zero-order chi connectivity index (χ0) is 15.1. The van der Waals surface area contributed by atoms with Crippen LogP contribution in [0.3, 0.4) is 0 Å². The molecule has 1 aliphatic carbocycles. The highest BCUT2D eigenvalue weighted by molar-refractivity contribution is 4.91. The summed E-state index contributed by atoms with van der Waals surface area (Å²) in [6.07, 6.45) is 12.9. The Morgan fingerprint density at radius 1 is 1.10 bits per heavy atom. The third kappa shape index (κ3) is 5.25. The van der Waals surface area contributed by atoms with Gasteiger partial charge < -0.3 is 5.32 Å². The molecule has 0 radical (unpaired) electrons. The van der Waals surface area contributed by atoms with Gasteiger partial charge in [-0.1, -0.05) is 46.5 Å². The third-order valence-electron chi connectivity index (χ3n) is 5.73. The van der Waals surface area contributed by atoms with Gasteiger partial charge in [0.05, 0.1) is 0 Å². The molecule has 124 valence electrons. The fourth-order valence-corrected chi connectivity index (χ4v) is 4.48. The molecule has 0 spiro atoms. The maximum absolute atomic E-state index is 3.78. The Balaban J connectivity index is 1.93. The summed E-state index contributed by atoms with van der Waals surface area (Å²) in [5.74, 6) is 0.769. The van der Waals surface area contributed by atoms with Gasteiger partial charge in [0.2, 0.25) is 0 Å². The fourth-order valence-electron chi connectivity index (χ4n) is 4.48. The van der Waals surface area contributed by atoms with Crippen LogP contribution in [0.2, 0.25) is 0 Å². The Hall–Kier alpha value is -0.0800. The van der Waals surface area contributed by atoms with Gasteiger partial charge in [-0.15, -0.1) is 0 Å². The Kier molecular flexibility index (Phi) is 7.01. The summed E-state index contributed by atoms with van der Waals surface area (Å²) in [6, 6.07) is 0.857. The second-order valence-corrected chi connectivity index (χ2v) is 8.11. The molecule has 1 unspecified atom stereocenters. The van der Waals surface area contributed by atoms with E-state index in [9.17, 15) is 0 Å². The van der Waals surface area contributed by atoms with Gasteiger partial charge in [-0.05, 0) is 56.5 Å². The van der Waals surface area contributed by atoms with Crippen LogP contribution >= 0.6 is 0 Å². The lowest BCUT2D eigenvalue weighted by molar-refractivity contribution is 0.107. The van der Waals surface area contributed by atoms with E-state index in [0.29, 0.717) is 5.41 Å². The highest BCUT2D eigenvalue weighted by Crippen LogP contribution is 2.39. The summed E-state index contributed by atoms with van der Waals surface area (Å²) in [7, 11) is 0. The van der Waals surface area contributed by atoms with Crippen LogP contribution in [0.4, 0.5) is 0 Å². The molecule has 1 atom stereocenters. The van der Waals surface area contributed by atoms with E-state index in [4.69, 9.17) is 0 Å². The second-order valence-electron chi connectivity index (χ2n) is 8.11. The predicted octanol–water partition coefficient (Wildman–Crippen LogP) is 4.45. The molecule has 0 aromatic heterocycles. The largest absolute Gasteiger partial charge is 0.316 e. The van der Waals surface area contributed by atoms with Gasteiger partial charge >= 0.3 is 0 Å². The molecule has 2 rings (SSSR count). The maximum Gasteiger partial charge on any atom is 0.00928 e. The van der Waals surface area contributed by atoms with E-state index in [1.165, 1.54) is 84.0 Å². The summed E-state index contributed by atoms with van der Waals surface area (Å²) >= 11 is 0. The molecule has 0 bridgehead atoms. The van der Waals surface area contributed by atoms with Crippen molar-refractivity contribution in [2.75, 3.05) is 26.2 Å². The van der Waals surface area contributed by atoms with Crippen molar-refractivity contribution in [2.45, 2.75) is 84.6 Å². The fraction of sp³-hybridized carbons (Fsp3) is 1.00. The molecule has 2 heteroatoms. The van der Waals surface area contributed by atoms with Crippen LogP contribution < -0.4 is 5.32 Å². The Bertz CT molecular complexity index is 281. The minimum absolute atomic E-state index is 0.576. The Labute approximate surface area is 133 Å². The van der Waals surface area contributed by atoms with E-state index in [1.54, 1.807) is 0 Å². The summed E-state index contributed by atoms with van der Waals surface area (Å²) in [5.41, 5.74) is 0.576. The molecular formula is C19H38N2. The molecule has 1 heterocycles. The zero-order valence-corrected chi connectivity index (χ0v) is 14.8. The van der Waals surface area contributed by atoms with Crippen molar-refractivity contribution in [1.82, 2.24) is 10.2 Å². The topological polar surface area (TPSA) is 15.3 Å². The SMILES string of the molecule is CCC1CCCCCN1CC1(CNCC(C)C)CCCC1. The van der Waals surface area contributed by atoms with Gasteiger partial charge in [0.1, 0.15) is 0 Å². The number of hydrogen-bond acceptors (Lipinski definition) is 2. The van der Waals surface area contributed by atoms with Gasteiger partial charge in [0.25, 0.3) is 0 Å². The first kappa shape index (κ1) is 17.3. The van der Waals surface area contributed by atoms with E-state index >= 15 is 0 Å². The summed E-state index contributed by atoms with van der Waals surface area (Å²) in [6.45, 7) is 12.2. The first-order chi connectivity index (χ1) is 10.2. The van der Waals surface area contributed by atoms with Crippen molar-refractivity contribution in [1.29, 1.82) is 0 Å². The van der Waals surface area contributed by atoms with Gasteiger partial charge in [-0.25, -0.2) is 0 Å². The van der Waals surface area contributed by atoms with Crippen molar-refractivity contribution in [2.24, 2.45) is 11.3 Å². The molecular weight excluding hydrogens is 256 g/mol. The van der Waals surface area contributed by atoms with E-state index < -0.39 is 0 Å². The number of nitrogens with one attached hydrogen (secondary N) is 1. The van der Waals surface area contributed by atoms with Gasteiger partial charge in [0.15, 0.2) is 0 Å². The lowest BCUT2D eigenvalue weighted by atomic mass is 9.84. The molecule has 21 heavy (non-hydrogen) atoms. The van der Waals surface area contributed by atoms with Crippen LogP contribution in [0.5, 0.6) is 0 Å². The lowest BCUT2D eigenvalue weighted by Crippen LogP contribution is -2.46. The Morgan fingerprint density at radius 2 is 1.86 bits per heavy atom. The monoisotopic (exact) mass is 294 g/mol.